The van der Waals surface area contributed by atoms with Crippen LogP contribution < -0.4 is 9.46 Å². The molecule has 35 heavy (non-hydrogen) atoms. The molecule has 0 radical (unpaired) electrons. The SMILES string of the molecule is O=C(C[C@@H]1C[C@@H]2c3cc(NS(=O)(=O)c4ccc(F)cc4)ccc3O[C@@H]2[C@H](CO)O1)N1CCOCC1. The number of aliphatic hydroxyl groups is 1. The molecule has 3 aliphatic rings. The van der Waals surface area contributed by atoms with Gasteiger partial charge in [-0.3, -0.25) is 9.52 Å². The average molecular weight is 507 g/mol. The van der Waals surface area contributed by atoms with Crippen LogP contribution in [0.1, 0.15) is 24.3 Å². The number of hydrogen-bond acceptors (Lipinski definition) is 7. The van der Waals surface area contributed by atoms with Crippen molar-refractivity contribution in [3.63, 3.8) is 0 Å². The second kappa shape index (κ2) is 9.73. The fourth-order valence-electron chi connectivity index (χ4n) is 4.92. The lowest BCUT2D eigenvalue weighted by atomic mass is 9.84. The second-order valence-electron chi connectivity index (χ2n) is 8.91. The lowest BCUT2D eigenvalue weighted by Crippen LogP contribution is -2.48. The predicted molar refractivity (Wildman–Crippen MR) is 123 cm³/mol. The minimum Gasteiger partial charge on any atom is -0.487 e. The van der Waals surface area contributed by atoms with Crippen molar-refractivity contribution >= 4 is 21.6 Å². The van der Waals surface area contributed by atoms with Crippen molar-refractivity contribution in [2.24, 2.45) is 0 Å². The Kier molecular flexibility index (Phi) is 6.67. The van der Waals surface area contributed by atoms with Gasteiger partial charge in [-0.1, -0.05) is 0 Å². The molecular formula is C24H27FN2O7S. The summed E-state index contributed by atoms with van der Waals surface area (Å²) in [7, 11) is -3.91. The average Bonchev–Trinajstić information content (AvgIpc) is 3.22. The number of nitrogens with one attached hydrogen (secondary N) is 1. The zero-order valence-corrected chi connectivity index (χ0v) is 19.7. The molecule has 2 saturated heterocycles. The first-order valence-electron chi connectivity index (χ1n) is 11.5. The summed E-state index contributed by atoms with van der Waals surface area (Å²) in [6.07, 6.45) is -0.765. The van der Waals surface area contributed by atoms with Gasteiger partial charge < -0.3 is 24.2 Å². The molecule has 0 saturated carbocycles. The largest absolute Gasteiger partial charge is 0.487 e. The summed E-state index contributed by atoms with van der Waals surface area (Å²) in [5.41, 5.74) is 1.13. The summed E-state index contributed by atoms with van der Waals surface area (Å²) in [6, 6.07) is 9.55. The number of nitrogens with zero attached hydrogens (tertiary/aromatic N) is 1. The highest BCUT2D eigenvalue weighted by Gasteiger charge is 2.46. The van der Waals surface area contributed by atoms with Gasteiger partial charge in [0.05, 0.1) is 37.2 Å². The van der Waals surface area contributed by atoms with Crippen LogP contribution in [-0.2, 0) is 24.3 Å². The van der Waals surface area contributed by atoms with Crippen LogP contribution in [0.5, 0.6) is 5.75 Å². The standard InChI is InChI=1S/C24H27FN2O7S/c25-15-1-4-18(5-2-15)35(30,31)26-16-3-6-21-19(11-16)20-12-17(33-22(14-28)24(20)34-21)13-23(29)27-7-9-32-10-8-27/h1-6,11,17,20,22,24,26,28H,7-10,12-14H2/t17-,20+,22-,24-/m0/s1. The van der Waals surface area contributed by atoms with Gasteiger partial charge in [-0.2, -0.15) is 0 Å². The van der Waals surface area contributed by atoms with E-state index in [0.29, 0.717) is 44.2 Å². The summed E-state index contributed by atoms with van der Waals surface area (Å²) in [4.78, 5) is 14.5. The molecular weight excluding hydrogens is 479 g/mol. The number of ether oxygens (including phenoxy) is 3. The van der Waals surface area contributed by atoms with Crippen LogP contribution in [0, 0.1) is 5.82 Å². The van der Waals surface area contributed by atoms with Crippen LogP contribution in [0.2, 0.25) is 0 Å². The molecule has 2 aromatic rings. The van der Waals surface area contributed by atoms with Gasteiger partial charge in [-0.15, -0.1) is 0 Å². The van der Waals surface area contributed by atoms with Crippen LogP contribution >= 0.6 is 0 Å². The van der Waals surface area contributed by atoms with Gasteiger partial charge in [0, 0.05) is 30.3 Å². The highest BCUT2D eigenvalue weighted by Crippen LogP contribution is 2.47. The maximum Gasteiger partial charge on any atom is 0.261 e. The Morgan fingerprint density at radius 1 is 1.14 bits per heavy atom. The lowest BCUT2D eigenvalue weighted by Gasteiger charge is -2.38. The lowest BCUT2D eigenvalue weighted by molar-refractivity contribution is -0.151. The molecule has 188 valence electrons. The summed E-state index contributed by atoms with van der Waals surface area (Å²) < 4.78 is 58.6. The Bertz CT molecular complexity index is 1180. The first-order chi connectivity index (χ1) is 16.8. The van der Waals surface area contributed by atoms with Gasteiger partial charge in [0.1, 0.15) is 23.8 Å². The smallest absolute Gasteiger partial charge is 0.261 e. The van der Waals surface area contributed by atoms with E-state index >= 15 is 0 Å². The Balaban J connectivity index is 1.34. The number of carbonyl (C=O) groups excluding carboxylic acids is 1. The van der Waals surface area contributed by atoms with E-state index in [1.54, 1.807) is 23.1 Å². The number of hydrogen-bond donors (Lipinski definition) is 2. The maximum atomic E-state index is 13.2. The Morgan fingerprint density at radius 2 is 1.89 bits per heavy atom. The van der Waals surface area contributed by atoms with E-state index in [9.17, 15) is 22.7 Å². The zero-order valence-electron chi connectivity index (χ0n) is 18.9. The number of halogens is 1. The molecule has 2 fully saturated rings. The minimum atomic E-state index is -3.91. The fourth-order valence-corrected chi connectivity index (χ4v) is 5.97. The molecule has 2 N–H and O–H groups in total. The van der Waals surface area contributed by atoms with Gasteiger partial charge >= 0.3 is 0 Å². The molecule has 1 amide bonds. The molecule has 0 aromatic heterocycles. The topological polar surface area (TPSA) is 114 Å². The van der Waals surface area contributed by atoms with Crippen molar-refractivity contribution in [2.75, 3.05) is 37.6 Å². The maximum absolute atomic E-state index is 13.2. The molecule has 2 aromatic carbocycles. The normalized spacial score (nSPS) is 25.9. The van der Waals surface area contributed by atoms with Crippen molar-refractivity contribution in [3.8, 4) is 5.75 Å². The van der Waals surface area contributed by atoms with E-state index in [-0.39, 0.29) is 29.7 Å². The number of fused-ring (bicyclic) bond motifs is 3. The number of aliphatic hydroxyl groups excluding tert-OH is 1. The molecule has 0 spiro atoms. The van der Waals surface area contributed by atoms with E-state index in [2.05, 4.69) is 4.72 Å². The highest BCUT2D eigenvalue weighted by molar-refractivity contribution is 7.92. The summed E-state index contributed by atoms with van der Waals surface area (Å²) in [6.45, 7) is 1.86. The Labute approximate surface area is 202 Å². The Hall–Kier alpha value is -2.73. The molecule has 5 rings (SSSR count). The monoisotopic (exact) mass is 506 g/mol. The third-order valence-corrected chi connectivity index (χ3v) is 8.04. The molecule has 4 atom stereocenters. The van der Waals surface area contributed by atoms with E-state index in [4.69, 9.17) is 14.2 Å². The quantitative estimate of drug-likeness (QED) is 0.615. The van der Waals surface area contributed by atoms with Crippen LogP contribution in [-0.4, -0.2) is 75.6 Å². The van der Waals surface area contributed by atoms with Gasteiger partial charge in [0.2, 0.25) is 5.91 Å². The number of amides is 1. The molecule has 3 heterocycles. The first-order valence-corrected chi connectivity index (χ1v) is 13.0. The van der Waals surface area contributed by atoms with Crippen molar-refractivity contribution < 1.29 is 36.9 Å². The van der Waals surface area contributed by atoms with Crippen molar-refractivity contribution in [1.29, 1.82) is 0 Å². The van der Waals surface area contributed by atoms with E-state index in [1.165, 1.54) is 12.1 Å². The molecule has 0 bridgehead atoms. The first kappa shape index (κ1) is 24.0. The van der Waals surface area contributed by atoms with Gasteiger partial charge in [-0.25, -0.2) is 12.8 Å². The molecule has 3 aliphatic heterocycles. The number of carbonyl (C=O) groups is 1. The van der Waals surface area contributed by atoms with Crippen LogP contribution in [0.25, 0.3) is 0 Å². The number of morpholine rings is 1. The highest BCUT2D eigenvalue weighted by atomic mass is 32.2. The third-order valence-electron chi connectivity index (χ3n) is 6.64. The van der Waals surface area contributed by atoms with Crippen LogP contribution in [0.15, 0.2) is 47.4 Å². The molecule has 11 heteroatoms. The second-order valence-corrected chi connectivity index (χ2v) is 10.6. The number of benzene rings is 2. The van der Waals surface area contributed by atoms with Crippen molar-refractivity contribution in [3.05, 3.63) is 53.8 Å². The van der Waals surface area contributed by atoms with Crippen molar-refractivity contribution in [2.45, 2.75) is 42.0 Å². The molecule has 0 aliphatic carbocycles. The predicted octanol–water partition coefficient (Wildman–Crippen LogP) is 1.87. The van der Waals surface area contributed by atoms with Gasteiger partial charge in [-0.05, 0) is 48.9 Å². The van der Waals surface area contributed by atoms with E-state index in [0.717, 1.165) is 17.7 Å². The number of anilines is 1. The molecule has 0 unspecified atom stereocenters. The molecule has 9 nitrogen and oxygen atoms in total. The van der Waals surface area contributed by atoms with Gasteiger partial charge in [0.15, 0.2) is 0 Å². The van der Waals surface area contributed by atoms with E-state index < -0.39 is 34.2 Å². The summed E-state index contributed by atoms with van der Waals surface area (Å²) in [5, 5.41) is 9.94. The van der Waals surface area contributed by atoms with Crippen molar-refractivity contribution in [1.82, 2.24) is 4.90 Å². The van der Waals surface area contributed by atoms with Gasteiger partial charge in [0.25, 0.3) is 10.0 Å². The van der Waals surface area contributed by atoms with Crippen LogP contribution in [0.4, 0.5) is 10.1 Å². The number of rotatable bonds is 6. The zero-order chi connectivity index (χ0) is 24.6. The summed E-state index contributed by atoms with van der Waals surface area (Å²) >= 11 is 0. The Morgan fingerprint density at radius 3 is 2.60 bits per heavy atom. The third kappa shape index (κ3) is 4.99. The fraction of sp³-hybridized carbons (Fsp3) is 0.458. The summed E-state index contributed by atoms with van der Waals surface area (Å²) in [5.74, 6) is -0.127. The minimum absolute atomic E-state index is 0.0200. The van der Waals surface area contributed by atoms with Crippen LogP contribution in [0.3, 0.4) is 0 Å². The van der Waals surface area contributed by atoms with E-state index in [1.807, 2.05) is 0 Å². The number of sulfonamides is 1.